The highest BCUT2D eigenvalue weighted by atomic mass is 79.9. The molecule has 1 fully saturated rings. The molecule has 2 rings (SSSR count). The quantitative estimate of drug-likeness (QED) is 0.845. The average molecular weight is 287 g/mol. The lowest BCUT2D eigenvalue weighted by Gasteiger charge is -2.29. The highest BCUT2D eigenvalue weighted by molar-refractivity contribution is 9.10. The van der Waals surface area contributed by atoms with Crippen molar-refractivity contribution in [3.05, 3.63) is 22.9 Å². The normalized spacial score (nSPS) is 22.0. The number of likely N-dealkylation sites (N-methyl/N-ethyl adjacent to an activating group) is 1. The van der Waals surface area contributed by atoms with E-state index in [9.17, 15) is 0 Å². The van der Waals surface area contributed by atoms with E-state index in [-0.39, 0.29) is 6.10 Å². The molecule has 1 aromatic heterocycles. The lowest BCUT2D eigenvalue weighted by atomic mass is 10.3. The molecule has 0 bridgehead atoms. The van der Waals surface area contributed by atoms with Crippen LogP contribution in [0.3, 0.4) is 0 Å². The Labute approximate surface area is 104 Å². The van der Waals surface area contributed by atoms with Gasteiger partial charge in [0.2, 0.25) is 0 Å². The van der Waals surface area contributed by atoms with E-state index >= 15 is 0 Å². The van der Waals surface area contributed by atoms with Crippen molar-refractivity contribution in [1.82, 2.24) is 9.88 Å². The number of halogens is 1. The van der Waals surface area contributed by atoms with E-state index in [0.29, 0.717) is 6.61 Å². The van der Waals surface area contributed by atoms with Crippen molar-refractivity contribution < 1.29 is 9.47 Å². The van der Waals surface area contributed by atoms with Crippen LogP contribution in [0.1, 0.15) is 0 Å². The van der Waals surface area contributed by atoms with Gasteiger partial charge in [-0.2, -0.15) is 0 Å². The maximum atomic E-state index is 5.63. The summed E-state index contributed by atoms with van der Waals surface area (Å²) in [4.78, 5) is 6.29. The van der Waals surface area contributed by atoms with Crippen LogP contribution in [-0.4, -0.2) is 49.3 Å². The molecule has 0 saturated carbocycles. The zero-order valence-electron chi connectivity index (χ0n) is 9.23. The summed E-state index contributed by atoms with van der Waals surface area (Å²) in [6, 6.07) is 1.90. The van der Waals surface area contributed by atoms with E-state index in [4.69, 9.17) is 9.47 Å². The Kier molecular flexibility index (Phi) is 4.15. The maximum absolute atomic E-state index is 5.63. The minimum Gasteiger partial charge on any atom is -0.489 e. The Morgan fingerprint density at radius 3 is 3.25 bits per heavy atom. The Morgan fingerprint density at radius 1 is 1.62 bits per heavy atom. The molecule has 1 saturated heterocycles. The maximum Gasteiger partial charge on any atom is 0.138 e. The molecular formula is C11H15BrN2O2. The van der Waals surface area contributed by atoms with Gasteiger partial charge in [-0.15, -0.1) is 0 Å². The number of ether oxygens (including phenoxy) is 2. The number of hydrogen-bond donors (Lipinski definition) is 0. The van der Waals surface area contributed by atoms with Crippen molar-refractivity contribution in [2.24, 2.45) is 0 Å². The first kappa shape index (κ1) is 11.8. The van der Waals surface area contributed by atoms with Crippen LogP contribution in [0.4, 0.5) is 0 Å². The van der Waals surface area contributed by atoms with Gasteiger partial charge in [0, 0.05) is 23.8 Å². The first-order valence-electron chi connectivity index (χ1n) is 5.27. The summed E-state index contributed by atoms with van der Waals surface area (Å²) >= 11 is 3.36. The van der Waals surface area contributed by atoms with Crippen molar-refractivity contribution >= 4 is 15.9 Å². The molecule has 0 aliphatic carbocycles. The summed E-state index contributed by atoms with van der Waals surface area (Å²) in [6.07, 6.45) is 3.59. The fourth-order valence-corrected chi connectivity index (χ4v) is 1.97. The molecule has 2 heterocycles. The molecule has 1 aliphatic heterocycles. The second-order valence-electron chi connectivity index (χ2n) is 3.90. The molecule has 0 aromatic carbocycles. The van der Waals surface area contributed by atoms with Gasteiger partial charge in [-0.3, -0.25) is 4.98 Å². The first-order chi connectivity index (χ1) is 7.74. The van der Waals surface area contributed by atoms with Crippen LogP contribution in [0, 0.1) is 0 Å². The van der Waals surface area contributed by atoms with Gasteiger partial charge in [0.05, 0.1) is 12.8 Å². The number of pyridine rings is 1. The summed E-state index contributed by atoms with van der Waals surface area (Å²) in [7, 11) is 2.09. The third-order valence-corrected chi connectivity index (χ3v) is 2.89. The van der Waals surface area contributed by atoms with Crippen LogP contribution in [0.2, 0.25) is 0 Å². The standard InChI is InChI=1S/C11H15BrN2O2/c1-14-2-3-15-11(7-14)8-16-10-4-9(12)5-13-6-10/h4-6,11H,2-3,7-8H2,1H3. The van der Waals surface area contributed by atoms with E-state index in [1.54, 1.807) is 12.4 Å². The Hall–Kier alpha value is -0.650. The van der Waals surface area contributed by atoms with E-state index in [0.717, 1.165) is 29.9 Å². The number of aromatic nitrogens is 1. The molecule has 5 heteroatoms. The van der Waals surface area contributed by atoms with E-state index in [1.807, 2.05) is 6.07 Å². The third kappa shape index (κ3) is 3.43. The molecule has 4 nitrogen and oxygen atoms in total. The second-order valence-corrected chi connectivity index (χ2v) is 4.82. The summed E-state index contributed by atoms with van der Waals surface area (Å²) < 4.78 is 12.2. The fourth-order valence-electron chi connectivity index (χ4n) is 1.63. The van der Waals surface area contributed by atoms with Gasteiger partial charge in [0.1, 0.15) is 18.5 Å². The summed E-state index contributed by atoms with van der Waals surface area (Å²) in [6.45, 7) is 3.26. The van der Waals surface area contributed by atoms with Crippen molar-refractivity contribution in [3.63, 3.8) is 0 Å². The zero-order chi connectivity index (χ0) is 11.4. The Balaban J connectivity index is 1.82. The van der Waals surface area contributed by atoms with Gasteiger partial charge in [0.25, 0.3) is 0 Å². The number of rotatable bonds is 3. The van der Waals surface area contributed by atoms with E-state index < -0.39 is 0 Å². The van der Waals surface area contributed by atoms with Gasteiger partial charge >= 0.3 is 0 Å². The smallest absolute Gasteiger partial charge is 0.138 e. The van der Waals surface area contributed by atoms with Gasteiger partial charge in [-0.25, -0.2) is 0 Å². The highest BCUT2D eigenvalue weighted by Crippen LogP contribution is 2.16. The molecular weight excluding hydrogens is 272 g/mol. The Bertz CT molecular complexity index is 349. The lowest BCUT2D eigenvalue weighted by Crippen LogP contribution is -2.42. The topological polar surface area (TPSA) is 34.6 Å². The summed E-state index contributed by atoms with van der Waals surface area (Å²) in [5.41, 5.74) is 0. The van der Waals surface area contributed by atoms with Gasteiger partial charge in [-0.1, -0.05) is 0 Å². The molecule has 1 aliphatic rings. The highest BCUT2D eigenvalue weighted by Gasteiger charge is 2.18. The predicted molar refractivity (Wildman–Crippen MR) is 64.7 cm³/mol. The number of morpholine rings is 1. The molecule has 88 valence electrons. The molecule has 0 N–H and O–H groups in total. The number of hydrogen-bond acceptors (Lipinski definition) is 4. The number of nitrogens with zero attached hydrogens (tertiary/aromatic N) is 2. The largest absolute Gasteiger partial charge is 0.489 e. The van der Waals surface area contributed by atoms with Crippen molar-refractivity contribution in [2.45, 2.75) is 6.10 Å². The van der Waals surface area contributed by atoms with Crippen LogP contribution in [-0.2, 0) is 4.74 Å². The molecule has 1 aromatic rings. The average Bonchev–Trinajstić information content (AvgIpc) is 2.27. The van der Waals surface area contributed by atoms with Crippen molar-refractivity contribution in [1.29, 1.82) is 0 Å². The second kappa shape index (κ2) is 5.61. The summed E-state index contributed by atoms with van der Waals surface area (Å²) in [5, 5.41) is 0. The molecule has 0 spiro atoms. The monoisotopic (exact) mass is 286 g/mol. The van der Waals surface area contributed by atoms with Crippen LogP contribution < -0.4 is 4.74 Å². The zero-order valence-corrected chi connectivity index (χ0v) is 10.8. The van der Waals surface area contributed by atoms with Crippen LogP contribution in [0.25, 0.3) is 0 Å². The third-order valence-electron chi connectivity index (χ3n) is 2.46. The molecule has 1 unspecified atom stereocenters. The van der Waals surface area contributed by atoms with Crippen LogP contribution >= 0.6 is 15.9 Å². The van der Waals surface area contributed by atoms with Crippen molar-refractivity contribution in [3.8, 4) is 5.75 Å². The molecule has 0 amide bonds. The fraction of sp³-hybridized carbons (Fsp3) is 0.545. The van der Waals surface area contributed by atoms with Gasteiger partial charge in [-0.05, 0) is 29.0 Å². The Morgan fingerprint density at radius 2 is 2.50 bits per heavy atom. The SMILES string of the molecule is CN1CCOC(COc2cncc(Br)c2)C1. The molecule has 1 atom stereocenters. The van der Waals surface area contributed by atoms with Crippen molar-refractivity contribution in [2.75, 3.05) is 33.4 Å². The first-order valence-corrected chi connectivity index (χ1v) is 6.07. The van der Waals surface area contributed by atoms with E-state index in [2.05, 4.69) is 32.9 Å². The molecule has 0 radical (unpaired) electrons. The molecule has 16 heavy (non-hydrogen) atoms. The van der Waals surface area contributed by atoms with E-state index in [1.165, 1.54) is 0 Å². The van der Waals surface area contributed by atoms with Gasteiger partial charge in [0.15, 0.2) is 0 Å². The van der Waals surface area contributed by atoms with Gasteiger partial charge < -0.3 is 14.4 Å². The minimum atomic E-state index is 0.151. The lowest BCUT2D eigenvalue weighted by molar-refractivity contribution is -0.0404. The summed E-state index contributed by atoms with van der Waals surface area (Å²) in [5.74, 6) is 0.770. The minimum absolute atomic E-state index is 0.151. The predicted octanol–water partition coefficient (Wildman–Crippen LogP) is 1.55. The van der Waals surface area contributed by atoms with Crippen LogP contribution in [0.15, 0.2) is 22.9 Å². The van der Waals surface area contributed by atoms with Crippen LogP contribution in [0.5, 0.6) is 5.75 Å².